The van der Waals surface area contributed by atoms with Gasteiger partial charge in [-0.25, -0.2) is 4.98 Å². The van der Waals surface area contributed by atoms with Gasteiger partial charge < -0.3 is 10.4 Å². The van der Waals surface area contributed by atoms with Crippen LogP contribution in [0.4, 0.5) is 13.2 Å². The number of nitrogens with one attached hydrogen (secondary N) is 1. The number of carboxylic acid groups (broad SMARTS) is 1. The summed E-state index contributed by atoms with van der Waals surface area (Å²) in [6.45, 7) is 4.27. The lowest BCUT2D eigenvalue weighted by atomic mass is 9.97. The maximum atomic E-state index is 12.4. The zero-order chi connectivity index (χ0) is 15.3. The lowest BCUT2D eigenvalue weighted by Gasteiger charge is -2.14. The molecule has 1 rings (SSSR count). The summed E-state index contributed by atoms with van der Waals surface area (Å²) in [5.74, 6) is -1.19. The van der Waals surface area contributed by atoms with E-state index in [0.29, 0.717) is 22.6 Å². The van der Waals surface area contributed by atoms with Crippen LogP contribution in [0.1, 0.15) is 30.2 Å². The summed E-state index contributed by atoms with van der Waals surface area (Å²) < 4.78 is 37.1. The fourth-order valence-electron chi connectivity index (χ4n) is 1.73. The van der Waals surface area contributed by atoms with Crippen LogP contribution in [0.2, 0.25) is 0 Å². The molecule has 1 unspecified atom stereocenters. The van der Waals surface area contributed by atoms with E-state index in [-0.39, 0.29) is 19.0 Å². The molecule has 4 nitrogen and oxygen atoms in total. The first-order valence-electron chi connectivity index (χ1n) is 6.15. The molecule has 2 N–H and O–H groups in total. The predicted molar refractivity (Wildman–Crippen MR) is 69.4 cm³/mol. The van der Waals surface area contributed by atoms with Gasteiger partial charge >= 0.3 is 12.1 Å². The van der Waals surface area contributed by atoms with E-state index in [1.807, 2.05) is 13.8 Å². The van der Waals surface area contributed by atoms with E-state index in [2.05, 4.69) is 10.3 Å². The number of hydrogen-bond acceptors (Lipinski definition) is 4. The van der Waals surface area contributed by atoms with Crippen LogP contribution in [0.3, 0.4) is 0 Å². The minimum Gasteiger partial charge on any atom is -0.481 e. The van der Waals surface area contributed by atoms with Crippen molar-refractivity contribution >= 4 is 17.3 Å². The number of carbonyl (C=O) groups is 1. The Labute approximate surface area is 119 Å². The molecule has 0 saturated heterocycles. The molecule has 114 valence electrons. The Morgan fingerprint density at radius 2 is 2.15 bits per heavy atom. The van der Waals surface area contributed by atoms with Crippen LogP contribution < -0.4 is 5.32 Å². The van der Waals surface area contributed by atoms with Crippen LogP contribution in [0.15, 0.2) is 6.20 Å². The number of aromatic nitrogens is 1. The van der Waals surface area contributed by atoms with Crippen LogP contribution in [-0.4, -0.2) is 22.6 Å². The van der Waals surface area contributed by atoms with Crippen molar-refractivity contribution in [1.29, 1.82) is 0 Å². The van der Waals surface area contributed by atoms with Gasteiger partial charge in [-0.1, -0.05) is 13.8 Å². The summed E-state index contributed by atoms with van der Waals surface area (Å²) in [7, 11) is 0. The van der Waals surface area contributed by atoms with Gasteiger partial charge in [0.05, 0.1) is 5.92 Å². The van der Waals surface area contributed by atoms with Crippen molar-refractivity contribution in [3.05, 3.63) is 16.1 Å². The molecule has 1 aromatic rings. The van der Waals surface area contributed by atoms with Crippen molar-refractivity contribution in [1.82, 2.24) is 10.3 Å². The fourth-order valence-corrected chi connectivity index (χ4v) is 2.48. The molecular formula is C12H17F3N2O2S. The highest BCUT2D eigenvalue weighted by atomic mass is 32.1. The van der Waals surface area contributed by atoms with Crippen molar-refractivity contribution in [2.24, 2.45) is 11.8 Å². The van der Waals surface area contributed by atoms with Gasteiger partial charge in [-0.15, -0.1) is 11.3 Å². The molecular weight excluding hydrogens is 293 g/mol. The van der Waals surface area contributed by atoms with Gasteiger partial charge in [0.1, 0.15) is 0 Å². The van der Waals surface area contributed by atoms with Crippen molar-refractivity contribution in [2.45, 2.75) is 33.0 Å². The standard InChI is InChI=1S/C12H17F3N2O2S/c1-7(2)3-8(10(18)19)4-16-5-9-6-17-11(20-9)12(13,14)15/h6-8,16H,3-5H2,1-2H3,(H,18,19). The third-order valence-electron chi connectivity index (χ3n) is 2.59. The number of alkyl halides is 3. The summed E-state index contributed by atoms with van der Waals surface area (Å²) in [6.07, 6.45) is -2.73. The van der Waals surface area contributed by atoms with Gasteiger partial charge in [0.15, 0.2) is 5.01 Å². The first kappa shape index (κ1) is 16.9. The van der Waals surface area contributed by atoms with Crippen molar-refractivity contribution in [2.75, 3.05) is 6.54 Å². The number of thiazole rings is 1. The van der Waals surface area contributed by atoms with Crippen LogP contribution >= 0.6 is 11.3 Å². The Bertz CT molecular complexity index is 446. The smallest absolute Gasteiger partial charge is 0.443 e. The summed E-state index contributed by atoms with van der Waals surface area (Å²) in [5, 5.41) is 11.0. The first-order chi connectivity index (χ1) is 9.20. The largest absolute Gasteiger partial charge is 0.481 e. The predicted octanol–water partition coefficient (Wildman–Crippen LogP) is 3.00. The number of halogens is 3. The highest BCUT2D eigenvalue weighted by molar-refractivity contribution is 7.11. The quantitative estimate of drug-likeness (QED) is 0.813. The van der Waals surface area contributed by atoms with E-state index in [9.17, 15) is 18.0 Å². The molecule has 0 fully saturated rings. The monoisotopic (exact) mass is 310 g/mol. The lowest BCUT2D eigenvalue weighted by Crippen LogP contribution is -2.29. The molecule has 1 heterocycles. The molecule has 0 aliphatic rings. The normalized spacial score (nSPS) is 13.7. The number of carboxylic acids is 1. The molecule has 0 aliphatic carbocycles. The minimum atomic E-state index is -4.43. The van der Waals surface area contributed by atoms with Gasteiger partial charge in [-0.05, 0) is 12.3 Å². The summed E-state index contributed by atoms with van der Waals surface area (Å²) in [5.41, 5.74) is 0. The molecule has 8 heteroatoms. The fraction of sp³-hybridized carbons (Fsp3) is 0.667. The Balaban J connectivity index is 2.47. The molecule has 0 amide bonds. The second-order valence-corrected chi connectivity index (χ2v) is 6.04. The highest BCUT2D eigenvalue weighted by Gasteiger charge is 2.34. The van der Waals surface area contributed by atoms with Crippen LogP contribution in [0.25, 0.3) is 0 Å². The first-order valence-corrected chi connectivity index (χ1v) is 6.97. The third kappa shape index (κ3) is 5.46. The van der Waals surface area contributed by atoms with Crippen LogP contribution in [0, 0.1) is 11.8 Å². The van der Waals surface area contributed by atoms with Gasteiger partial charge in [0.2, 0.25) is 0 Å². The summed E-state index contributed by atoms with van der Waals surface area (Å²) in [4.78, 5) is 14.8. The molecule has 0 bridgehead atoms. The Morgan fingerprint density at radius 1 is 1.50 bits per heavy atom. The van der Waals surface area contributed by atoms with Crippen molar-refractivity contribution in [3.63, 3.8) is 0 Å². The van der Waals surface area contributed by atoms with Crippen molar-refractivity contribution in [3.8, 4) is 0 Å². The topological polar surface area (TPSA) is 62.2 Å². The molecule has 1 aromatic heterocycles. The number of aliphatic carboxylic acids is 1. The second-order valence-electron chi connectivity index (χ2n) is 4.93. The zero-order valence-electron chi connectivity index (χ0n) is 11.2. The molecule has 0 saturated carbocycles. The van der Waals surface area contributed by atoms with Gasteiger partial charge in [-0.2, -0.15) is 13.2 Å². The Hall–Kier alpha value is -1.15. The molecule has 1 atom stereocenters. The van der Waals surface area contributed by atoms with Crippen LogP contribution in [0.5, 0.6) is 0 Å². The van der Waals surface area contributed by atoms with Crippen molar-refractivity contribution < 1.29 is 23.1 Å². The van der Waals surface area contributed by atoms with E-state index < -0.39 is 23.1 Å². The average Bonchev–Trinajstić information content (AvgIpc) is 2.75. The van der Waals surface area contributed by atoms with E-state index in [1.54, 1.807) is 0 Å². The second kappa shape index (κ2) is 7.03. The minimum absolute atomic E-state index is 0.190. The van der Waals surface area contributed by atoms with E-state index >= 15 is 0 Å². The van der Waals surface area contributed by atoms with Gasteiger partial charge in [0.25, 0.3) is 0 Å². The van der Waals surface area contributed by atoms with Gasteiger partial charge in [0, 0.05) is 24.2 Å². The summed E-state index contributed by atoms with van der Waals surface area (Å²) >= 11 is 0.568. The lowest BCUT2D eigenvalue weighted by molar-refractivity contribution is -0.142. The maximum Gasteiger partial charge on any atom is 0.443 e. The Kier molecular flexibility index (Phi) is 5.94. The van der Waals surface area contributed by atoms with E-state index in [1.165, 1.54) is 6.20 Å². The number of rotatable bonds is 7. The summed E-state index contributed by atoms with van der Waals surface area (Å²) in [6, 6.07) is 0. The van der Waals surface area contributed by atoms with E-state index in [4.69, 9.17) is 5.11 Å². The molecule has 0 aliphatic heterocycles. The molecule has 0 radical (unpaired) electrons. The van der Waals surface area contributed by atoms with Crippen LogP contribution in [-0.2, 0) is 17.5 Å². The SMILES string of the molecule is CC(C)CC(CNCc1cnc(C(F)(F)F)s1)C(=O)O. The van der Waals surface area contributed by atoms with E-state index in [0.717, 1.165) is 0 Å². The number of nitrogens with zero attached hydrogens (tertiary/aromatic N) is 1. The average molecular weight is 310 g/mol. The highest BCUT2D eigenvalue weighted by Crippen LogP contribution is 2.32. The Morgan fingerprint density at radius 3 is 2.60 bits per heavy atom. The maximum absolute atomic E-state index is 12.4. The number of hydrogen-bond donors (Lipinski definition) is 2. The molecule has 20 heavy (non-hydrogen) atoms. The zero-order valence-corrected chi connectivity index (χ0v) is 12.0. The third-order valence-corrected chi connectivity index (χ3v) is 3.63. The molecule has 0 spiro atoms. The molecule has 0 aromatic carbocycles. The van der Waals surface area contributed by atoms with Gasteiger partial charge in [-0.3, -0.25) is 4.79 Å².